The van der Waals surface area contributed by atoms with E-state index in [-0.39, 0.29) is 24.0 Å². The zero-order valence-electron chi connectivity index (χ0n) is 17.0. The molecule has 0 bridgehead atoms. The number of carbonyl (C=O) groups excluding carboxylic acids is 3. The van der Waals surface area contributed by atoms with Crippen LogP contribution in [-0.2, 0) is 22.6 Å². The molecule has 2 heterocycles. The monoisotopic (exact) mass is 510 g/mol. The average molecular weight is 511 g/mol. The van der Waals surface area contributed by atoms with Gasteiger partial charge < -0.3 is 9.64 Å². The van der Waals surface area contributed by atoms with E-state index in [4.69, 9.17) is 11.2 Å². The Kier molecular flexibility index (Phi) is 6.68. The summed E-state index contributed by atoms with van der Waals surface area (Å²) in [6.45, 7) is 0.952. The zero-order chi connectivity index (χ0) is 22.7. The van der Waals surface area contributed by atoms with Gasteiger partial charge in [0.2, 0.25) is 5.91 Å². The van der Waals surface area contributed by atoms with Crippen molar-refractivity contribution in [1.29, 1.82) is 0 Å². The molecule has 162 valence electrons. The van der Waals surface area contributed by atoms with Crippen LogP contribution in [0.5, 0.6) is 5.75 Å². The van der Waals surface area contributed by atoms with Crippen molar-refractivity contribution in [1.82, 2.24) is 9.80 Å². The molecule has 0 aliphatic carbocycles. The van der Waals surface area contributed by atoms with Crippen molar-refractivity contribution in [3.63, 3.8) is 0 Å². The number of carbonyl (C=O) groups is 3. The Morgan fingerprint density at radius 2 is 2.00 bits per heavy atom. The third-order valence-electron chi connectivity index (χ3n) is 5.22. The van der Waals surface area contributed by atoms with Crippen LogP contribution in [0.4, 0.5) is 4.79 Å². The first kappa shape index (κ1) is 22.2. The van der Waals surface area contributed by atoms with Gasteiger partial charge in [-0.2, -0.15) is 0 Å². The number of fused-ring (bicyclic) bond motifs is 1. The highest BCUT2D eigenvalue weighted by molar-refractivity contribution is 9.10. The smallest absolute Gasteiger partial charge is 0.294 e. The summed E-state index contributed by atoms with van der Waals surface area (Å²) in [5, 5.41) is -0.444. The van der Waals surface area contributed by atoms with Gasteiger partial charge in [-0.05, 0) is 69.0 Å². The van der Waals surface area contributed by atoms with Crippen molar-refractivity contribution < 1.29 is 19.1 Å². The van der Waals surface area contributed by atoms with E-state index in [1.165, 1.54) is 5.56 Å². The van der Waals surface area contributed by atoms with Gasteiger partial charge in [-0.15, -0.1) is 6.42 Å². The van der Waals surface area contributed by atoms with Crippen LogP contribution in [0.15, 0.2) is 51.8 Å². The van der Waals surface area contributed by atoms with Crippen LogP contribution >= 0.6 is 27.7 Å². The standard InChI is InChI=1S/C24H19BrN2O4S/c1-2-11-31-20-8-7-16(12-19(20)25)13-21-23(29)27(24(30)32-21)15-22(28)26-10-9-17-5-3-4-6-18(17)14-26/h1,3-8,12-13H,9-11,14-15H2/b21-13-. The van der Waals surface area contributed by atoms with Crippen LogP contribution in [0.3, 0.4) is 0 Å². The number of hydrogen-bond donors (Lipinski definition) is 0. The zero-order valence-corrected chi connectivity index (χ0v) is 19.4. The number of imide groups is 1. The molecule has 0 N–H and O–H groups in total. The van der Waals surface area contributed by atoms with Crippen molar-refractivity contribution >= 4 is 50.8 Å². The fraction of sp³-hybridized carbons (Fsp3) is 0.208. The Morgan fingerprint density at radius 3 is 2.75 bits per heavy atom. The molecular weight excluding hydrogens is 492 g/mol. The summed E-state index contributed by atoms with van der Waals surface area (Å²) in [4.78, 5) is 41.1. The van der Waals surface area contributed by atoms with Gasteiger partial charge in [0.15, 0.2) is 0 Å². The summed E-state index contributed by atoms with van der Waals surface area (Å²) in [5.74, 6) is 2.29. The molecule has 32 heavy (non-hydrogen) atoms. The first-order valence-corrected chi connectivity index (χ1v) is 11.5. The summed E-state index contributed by atoms with van der Waals surface area (Å²) in [7, 11) is 0. The van der Waals surface area contributed by atoms with Crippen molar-refractivity contribution in [3.05, 3.63) is 68.5 Å². The largest absolute Gasteiger partial charge is 0.480 e. The minimum Gasteiger partial charge on any atom is -0.480 e. The van der Waals surface area contributed by atoms with Crippen molar-refractivity contribution in [3.8, 4) is 18.1 Å². The number of halogens is 1. The topological polar surface area (TPSA) is 66.9 Å². The molecular formula is C24H19BrN2O4S. The summed E-state index contributed by atoms with van der Waals surface area (Å²) in [6.07, 6.45) is 7.60. The second-order valence-corrected chi connectivity index (χ2v) is 9.13. The van der Waals surface area contributed by atoms with Crippen LogP contribution in [0, 0.1) is 12.3 Å². The number of rotatable bonds is 5. The molecule has 1 fully saturated rings. The molecule has 2 aromatic rings. The molecule has 2 aliphatic heterocycles. The number of hydrogen-bond acceptors (Lipinski definition) is 5. The van der Waals surface area contributed by atoms with Crippen molar-refractivity contribution in [2.45, 2.75) is 13.0 Å². The number of thioether (sulfide) groups is 1. The van der Waals surface area contributed by atoms with Crippen LogP contribution in [0.1, 0.15) is 16.7 Å². The lowest BCUT2D eigenvalue weighted by atomic mass is 10.00. The van der Waals surface area contributed by atoms with Gasteiger partial charge in [0.1, 0.15) is 18.9 Å². The molecule has 2 aromatic carbocycles. The van der Waals surface area contributed by atoms with Crippen LogP contribution < -0.4 is 4.74 Å². The minimum atomic E-state index is -0.463. The first-order valence-electron chi connectivity index (χ1n) is 9.92. The van der Waals surface area contributed by atoms with Gasteiger partial charge in [-0.3, -0.25) is 19.3 Å². The molecule has 3 amide bonds. The quantitative estimate of drug-likeness (QED) is 0.447. The Hall–Kier alpha value is -3.02. The summed E-state index contributed by atoms with van der Waals surface area (Å²) in [6, 6.07) is 13.3. The van der Waals surface area contributed by atoms with Gasteiger partial charge in [-0.1, -0.05) is 36.3 Å². The van der Waals surface area contributed by atoms with E-state index >= 15 is 0 Å². The summed E-state index contributed by atoms with van der Waals surface area (Å²) in [5.41, 5.74) is 3.04. The Labute approximate surface area is 198 Å². The summed E-state index contributed by atoms with van der Waals surface area (Å²) >= 11 is 4.24. The average Bonchev–Trinajstić information content (AvgIpc) is 3.05. The van der Waals surface area contributed by atoms with Gasteiger partial charge in [0.25, 0.3) is 11.1 Å². The molecule has 1 saturated heterocycles. The highest BCUT2D eigenvalue weighted by atomic mass is 79.9. The number of ether oxygens (including phenoxy) is 1. The lowest BCUT2D eigenvalue weighted by Gasteiger charge is -2.29. The molecule has 0 spiro atoms. The first-order chi connectivity index (χ1) is 15.5. The maximum atomic E-state index is 12.8. The fourth-order valence-corrected chi connectivity index (χ4v) is 4.92. The molecule has 0 aromatic heterocycles. The van der Waals surface area contributed by atoms with Crippen LogP contribution in [0.2, 0.25) is 0 Å². The van der Waals surface area contributed by atoms with Gasteiger partial charge in [-0.25, -0.2) is 0 Å². The molecule has 2 aliphatic rings. The normalized spacial score (nSPS) is 16.8. The van der Waals surface area contributed by atoms with Gasteiger partial charge in [0, 0.05) is 13.1 Å². The Bertz CT molecular complexity index is 1170. The second kappa shape index (κ2) is 9.63. The molecule has 0 saturated carbocycles. The molecule has 0 unspecified atom stereocenters. The van der Waals surface area contributed by atoms with E-state index in [1.807, 2.05) is 18.2 Å². The molecule has 6 nitrogen and oxygen atoms in total. The molecule has 0 atom stereocenters. The van der Waals surface area contributed by atoms with E-state index in [0.717, 1.165) is 34.2 Å². The minimum absolute atomic E-state index is 0.146. The van der Waals surface area contributed by atoms with Crippen LogP contribution in [0.25, 0.3) is 6.08 Å². The molecule has 4 rings (SSSR count). The predicted molar refractivity (Wildman–Crippen MR) is 127 cm³/mol. The van der Waals surface area contributed by atoms with E-state index in [2.05, 4.69) is 27.9 Å². The fourth-order valence-electron chi connectivity index (χ4n) is 3.57. The highest BCUT2D eigenvalue weighted by Crippen LogP contribution is 2.34. The van der Waals surface area contributed by atoms with Crippen LogP contribution in [-0.4, -0.2) is 46.5 Å². The van der Waals surface area contributed by atoms with E-state index in [9.17, 15) is 14.4 Å². The lowest BCUT2D eigenvalue weighted by Crippen LogP contribution is -2.44. The molecule has 0 radical (unpaired) electrons. The van der Waals surface area contributed by atoms with E-state index < -0.39 is 11.1 Å². The summed E-state index contributed by atoms with van der Waals surface area (Å²) < 4.78 is 6.09. The maximum absolute atomic E-state index is 12.8. The lowest BCUT2D eigenvalue weighted by molar-refractivity contribution is -0.136. The highest BCUT2D eigenvalue weighted by Gasteiger charge is 2.37. The Balaban J connectivity index is 1.43. The van der Waals surface area contributed by atoms with Crippen molar-refractivity contribution in [2.24, 2.45) is 0 Å². The third kappa shape index (κ3) is 4.74. The Morgan fingerprint density at radius 1 is 1.22 bits per heavy atom. The van der Waals surface area contributed by atoms with Gasteiger partial charge >= 0.3 is 0 Å². The number of terminal acetylenes is 1. The van der Waals surface area contributed by atoms with Gasteiger partial charge in [0.05, 0.1) is 9.38 Å². The second-order valence-electron chi connectivity index (χ2n) is 7.28. The predicted octanol–water partition coefficient (Wildman–Crippen LogP) is 4.08. The van der Waals surface area contributed by atoms with E-state index in [1.54, 1.807) is 29.2 Å². The maximum Gasteiger partial charge on any atom is 0.294 e. The van der Waals surface area contributed by atoms with E-state index in [0.29, 0.717) is 23.3 Å². The number of amides is 3. The third-order valence-corrected chi connectivity index (χ3v) is 6.74. The molecule has 8 heteroatoms. The number of nitrogens with zero attached hydrogens (tertiary/aromatic N) is 2. The number of benzene rings is 2. The van der Waals surface area contributed by atoms with Crippen molar-refractivity contribution in [2.75, 3.05) is 19.7 Å². The SMILES string of the molecule is C#CCOc1ccc(/C=C2\SC(=O)N(CC(=O)N3CCc4ccccc4C3)C2=O)cc1Br.